The molecule has 8 heteroatoms. The zero-order valence-corrected chi connectivity index (χ0v) is 14.8. The van der Waals surface area contributed by atoms with Gasteiger partial charge < -0.3 is 15.8 Å². The summed E-state index contributed by atoms with van der Waals surface area (Å²) in [4.78, 5) is 15.5. The third-order valence-electron chi connectivity index (χ3n) is 2.75. The number of nitrogens with zero attached hydrogens (tertiary/aromatic N) is 1. The molecule has 1 amide bonds. The van der Waals surface area contributed by atoms with E-state index in [0.717, 1.165) is 32.2 Å². The van der Waals surface area contributed by atoms with Gasteiger partial charge in [0.25, 0.3) is 0 Å². The lowest BCUT2D eigenvalue weighted by atomic mass is 10.1. The molecule has 1 rings (SSSR count). The van der Waals surface area contributed by atoms with Crippen LogP contribution in [-0.4, -0.2) is 30.6 Å². The number of amides is 1. The van der Waals surface area contributed by atoms with Crippen LogP contribution in [0.5, 0.6) is 5.88 Å². The number of carbonyl (C=O) groups is 1. The molecule has 0 aromatic carbocycles. The predicted octanol–water partition coefficient (Wildman–Crippen LogP) is 2.98. The molecule has 22 heavy (non-hydrogen) atoms. The van der Waals surface area contributed by atoms with Crippen molar-refractivity contribution in [3.05, 3.63) is 23.4 Å². The molecule has 5 nitrogen and oxygen atoms in total. The Bertz CT molecular complexity index is 409. The Morgan fingerprint density at radius 2 is 2.00 bits per heavy atom. The Morgan fingerprint density at radius 1 is 1.27 bits per heavy atom. The minimum absolute atomic E-state index is 0. The summed E-state index contributed by atoms with van der Waals surface area (Å²) in [6, 6.07) is 3.45. The van der Waals surface area contributed by atoms with Crippen molar-refractivity contribution in [2.24, 2.45) is 5.73 Å². The quantitative estimate of drug-likeness (QED) is 0.619. The van der Waals surface area contributed by atoms with E-state index < -0.39 is 0 Å². The smallest absolute Gasteiger partial charge is 0.232 e. The minimum Gasteiger partial charge on any atom is -0.475 e. The molecule has 0 atom stereocenters. The normalized spacial score (nSPS) is 9.36. The molecular weight excluding hydrogens is 349 g/mol. The van der Waals surface area contributed by atoms with E-state index >= 15 is 0 Å². The SMILES string of the molecule is Cl.Cl.NCCCCCCC(=O)NCCOc1ncccc1Cl. The molecule has 0 radical (unpaired) electrons. The van der Waals surface area contributed by atoms with Gasteiger partial charge >= 0.3 is 0 Å². The van der Waals surface area contributed by atoms with E-state index in [1.165, 1.54) is 0 Å². The van der Waals surface area contributed by atoms with E-state index in [2.05, 4.69) is 10.3 Å². The summed E-state index contributed by atoms with van der Waals surface area (Å²) in [6.07, 6.45) is 6.23. The van der Waals surface area contributed by atoms with Gasteiger partial charge in [0.15, 0.2) is 0 Å². The van der Waals surface area contributed by atoms with Crippen molar-refractivity contribution in [2.45, 2.75) is 32.1 Å². The molecule has 1 aromatic heterocycles. The molecule has 0 spiro atoms. The van der Waals surface area contributed by atoms with Gasteiger partial charge in [-0.15, -0.1) is 24.8 Å². The number of ether oxygens (including phenoxy) is 1. The molecule has 0 saturated heterocycles. The highest BCUT2D eigenvalue weighted by Gasteiger charge is 2.03. The number of aromatic nitrogens is 1. The monoisotopic (exact) mass is 371 g/mol. The number of pyridine rings is 1. The molecule has 0 bridgehead atoms. The highest BCUT2D eigenvalue weighted by molar-refractivity contribution is 6.31. The Kier molecular flexibility index (Phi) is 16.2. The van der Waals surface area contributed by atoms with E-state index in [1.807, 2.05) is 0 Å². The molecular formula is C14H24Cl3N3O2. The number of nitrogens with one attached hydrogen (secondary N) is 1. The summed E-state index contributed by atoms with van der Waals surface area (Å²) in [5.41, 5.74) is 5.40. The number of nitrogens with two attached hydrogens (primary N) is 1. The van der Waals surface area contributed by atoms with Crippen molar-refractivity contribution < 1.29 is 9.53 Å². The Labute approximate surface area is 149 Å². The van der Waals surface area contributed by atoms with Crippen molar-refractivity contribution in [3.63, 3.8) is 0 Å². The van der Waals surface area contributed by atoms with Crippen LogP contribution in [0.15, 0.2) is 18.3 Å². The molecule has 0 saturated carbocycles. The van der Waals surface area contributed by atoms with Crippen molar-refractivity contribution in [2.75, 3.05) is 19.7 Å². The van der Waals surface area contributed by atoms with Gasteiger partial charge in [-0.1, -0.05) is 24.4 Å². The lowest BCUT2D eigenvalue weighted by Crippen LogP contribution is -2.27. The van der Waals surface area contributed by atoms with Gasteiger partial charge in [-0.2, -0.15) is 0 Å². The van der Waals surface area contributed by atoms with Crippen LogP contribution >= 0.6 is 36.4 Å². The Morgan fingerprint density at radius 3 is 2.68 bits per heavy atom. The summed E-state index contributed by atoms with van der Waals surface area (Å²) in [5.74, 6) is 0.443. The second-order valence-electron chi connectivity index (χ2n) is 4.44. The van der Waals surface area contributed by atoms with E-state index in [1.54, 1.807) is 18.3 Å². The van der Waals surface area contributed by atoms with Gasteiger partial charge in [-0.3, -0.25) is 4.79 Å². The molecule has 0 aliphatic rings. The van der Waals surface area contributed by atoms with Gasteiger partial charge in [0.1, 0.15) is 11.6 Å². The van der Waals surface area contributed by atoms with Crippen LogP contribution in [0.1, 0.15) is 32.1 Å². The fourth-order valence-electron chi connectivity index (χ4n) is 1.69. The van der Waals surface area contributed by atoms with Crippen LogP contribution in [-0.2, 0) is 4.79 Å². The zero-order valence-electron chi connectivity index (χ0n) is 12.4. The van der Waals surface area contributed by atoms with Crippen LogP contribution in [0.25, 0.3) is 0 Å². The maximum atomic E-state index is 11.5. The van der Waals surface area contributed by atoms with Gasteiger partial charge in [0.2, 0.25) is 11.8 Å². The van der Waals surface area contributed by atoms with Crippen LogP contribution in [0.3, 0.4) is 0 Å². The van der Waals surface area contributed by atoms with Crippen LogP contribution in [0, 0.1) is 0 Å². The first-order valence-electron chi connectivity index (χ1n) is 6.94. The summed E-state index contributed by atoms with van der Waals surface area (Å²) >= 11 is 5.89. The molecule has 1 heterocycles. The lowest BCUT2D eigenvalue weighted by molar-refractivity contribution is -0.121. The molecule has 3 N–H and O–H groups in total. The second-order valence-corrected chi connectivity index (χ2v) is 4.85. The predicted molar refractivity (Wildman–Crippen MR) is 94.4 cm³/mol. The maximum Gasteiger partial charge on any atom is 0.232 e. The number of hydrogen-bond acceptors (Lipinski definition) is 4. The van der Waals surface area contributed by atoms with Crippen molar-refractivity contribution in [1.82, 2.24) is 10.3 Å². The third-order valence-corrected chi connectivity index (χ3v) is 3.03. The summed E-state index contributed by atoms with van der Waals surface area (Å²) in [6.45, 7) is 1.53. The molecule has 128 valence electrons. The standard InChI is InChI=1S/C14H22ClN3O2.2ClH/c15-12-6-5-9-18-14(12)20-11-10-17-13(19)7-3-1-2-4-8-16;;/h5-6,9H,1-4,7-8,10-11,16H2,(H,17,19);2*1H. The van der Waals surface area contributed by atoms with Crippen LogP contribution < -0.4 is 15.8 Å². The summed E-state index contributed by atoms with van der Waals surface area (Å²) in [5, 5.41) is 3.27. The molecule has 1 aromatic rings. The summed E-state index contributed by atoms with van der Waals surface area (Å²) in [7, 11) is 0. The number of halogens is 3. The van der Waals surface area contributed by atoms with E-state index in [9.17, 15) is 4.79 Å². The number of rotatable bonds is 10. The highest BCUT2D eigenvalue weighted by Crippen LogP contribution is 2.19. The Balaban J connectivity index is 0. The van der Waals surface area contributed by atoms with Crippen molar-refractivity contribution in [3.8, 4) is 5.88 Å². The Hall–Kier alpha value is -0.750. The first-order chi connectivity index (χ1) is 9.74. The van der Waals surface area contributed by atoms with Crippen molar-refractivity contribution in [1.29, 1.82) is 0 Å². The van der Waals surface area contributed by atoms with Crippen LogP contribution in [0.4, 0.5) is 0 Å². The van der Waals surface area contributed by atoms with E-state index in [-0.39, 0.29) is 30.7 Å². The largest absolute Gasteiger partial charge is 0.475 e. The van der Waals surface area contributed by atoms with Crippen LogP contribution in [0.2, 0.25) is 5.02 Å². The van der Waals surface area contributed by atoms with Gasteiger partial charge in [-0.05, 0) is 31.5 Å². The fraction of sp³-hybridized carbons (Fsp3) is 0.571. The topological polar surface area (TPSA) is 77.2 Å². The van der Waals surface area contributed by atoms with Gasteiger partial charge in [0, 0.05) is 12.6 Å². The molecule has 0 aliphatic heterocycles. The molecule has 0 aliphatic carbocycles. The number of hydrogen-bond donors (Lipinski definition) is 2. The van der Waals surface area contributed by atoms with Gasteiger partial charge in [0.05, 0.1) is 6.54 Å². The van der Waals surface area contributed by atoms with E-state index in [0.29, 0.717) is 30.5 Å². The molecule has 0 fully saturated rings. The van der Waals surface area contributed by atoms with Gasteiger partial charge in [-0.25, -0.2) is 4.98 Å². The average Bonchev–Trinajstić information content (AvgIpc) is 2.45. The second kappa shape index (κ2) is 15.2. The lowest BCUT2D eigenvalue weighted by Gasteiger charge is -2.08. The zero-order chi connectivity index (χ0) is 14.6. The number of unbranched alkanes of at least 4 members (excludes halogenated alkanes) is 3. The third kappa shape index (κ3) is 10.9. The molecule has 0 unspecified atom stereocenters. The fourth-order valence-corrected chi connectivity index (χ4v) is 1.86. The number of carbonyl (C=O) groups excluding carboxylic acids is 1. The highest BCUT2D eigenvalue weighted by atomic mass is 35.5. The van der Waals surface area contributed by atoms with E-state index in [4.69, 9.17) is 22.1 Å². The first-order valence-corrected chi connectivity index (χ1v) is 7.32. The first kappa shape index (κ1) is 23.5. The van der Waals surface area contributed by atoms with Crippen molar-refractivity contribution >= 4 is 42.3 Å². The average molecular weight is 373 g/mol. The minimum atomic E-state index is 0. The summed E-state index contributed by atoms with van der Waals surface area (Å²) < 4.78 is 5.37. The maximum absolute atomic E-state index is 11.5.